The van der Waals surface area contributed by atoms with Crippen molar-refractivity contribution in [1.29, 1.82) is 0 Å². The maximum Gasteiger partial charge on any atom is 0.274 e. The topological polar surface area (TPSA) is 77.0 Å². The summed E-state index contributed by atoms with van der Waals surface area (Å²) in [5.41, 5.74) is 2.80. The average molecular weight is 376 g/mol. The van der Waals surface area contributed by atoms with E-state index in [-0.39, 0.29) is 11.6 Å². The first-order valence-corrected chi connectivity index (χ1v) is 9.16. The van der Waals surface area contributed by atoms with Crippen LogP contribution in [0.2, 0.25) is 0 Å². The van der Waals surface area contributed by atoms with Crippen LogP contribution in [0.5, 0.6) is 5.88 Å². The van der Waals surface area contributed by atoms with Crippen LogP contribution in [-0.2, 0) is 6.61 Å². The molecule has 6 nitrogen and oxygen atoms in total. The van der Waals surface area contributed by atoms with E-state index < -0.39 is 0 Å². The molecule has 1 amide bonds. The molecule has 0 fully saturated rings. The third-order valence-electron chi connectivity index (χ3n) is 3.86. The number of hydrogen-bond donors (Lipinski definition) is 1. The predicted molar refractivity (Wildman–Crippen MR) is 105 cm³/mol. The van der Waals surface area contributed by atoms with Crippen LogP contribution < -0.4 is 10.1 Å². The van der Waals surface area contributed by atoms with E-state index in [4.69, 9.17) is 4.74 Å². The minimum atomic E-state index is -0.326. The molecule has 0 bridgehead atoms. The Bertz CT molecular complexity index is 1100. The Morgan fingerprint density at radius 2 is 1.96 bits per heavy atom. The number of hydrogen-bond acceptors (Lipinski definition) is 6. The second kappa shape index (κ2) is 7.51. The minimum Gasteiger partial charge on any atom is -0.473 e. The standard InChI is InChI=1S/C20H16N4O2S/c1-13-23-16-9-15(7-8-18(16)27-13)24-20(25)17-10-19(22-12-21-17)26-11-14-5-3-2-4-6-14/h2-10,12H,11H2,1H3,(H,24,25). The Morgan fingerprint density at radius 1 is 1.11 bits per heavy atom. The van der Waals surface area contributed by atoms with Crippen molar-refractivity contribution in [2.45, 2.75) is 13.5 Å². The fourth-order valence-electron chi connectivity index (χ4n) is 2.59. The Labute approximate surface area is 159 Å². The van der Waals surface area contributed by atoms with Gasteiger partial charge >= 0.3 is 0 Å². The second-order valence-corrected chi connectivity index (χ2v) is 7.12. The van der Waals surface area contributed by atoms with Gasteiger partial charge in [0, 0.05) is 11.8 Å². The molecule has 134 valence electrons. The Morgan fingerprint density at radius 3 is 2.81 bits per heavy atom. The lowest BCUT2D eigenvalue weighted by Gasteiger charge is -2.07. The van der Waals surface area contributed by atoms with Gasteiger partial charge in [-0.2, -0.15) is 0 Å². The molecule has 0 aliphatic carbocycles. The van der Waals surface area contributed by atoms with Gasteiger partial charge in [0.2, 0.25) is 5.88 Å². The summed E-state index contributed by atoms with van der Waals surface area (Å²) >= 11 is 1.62. The van der Waals surface area contributed by atoms with Crippen molar-refractivity contribution in [1.82, 2.24) is 15.0 Å². The molecule has 7 heteroatoms. The van der Waals surface area contributed by atoms with Crippen LogP contribution >= 0.6 is 11.3 Å². The van der Waals surface area contributed by atoms with Crippen LogP contribution in [0.3, 0.4) is 0 Å². The number of rotatable bonds is 5. The number of thiazole rings is 1. The molecule has 2 aromatic carbocycles. The Balaban J connectivity index is 1.46. The number of amides is 1. The number of anilines is 1. The molecule has 4 rings (SSSR count). The summed E-state index contributed by atoms with van der Waals surface area (Å²) in [6, 6.07) is 16.9. The molecular weight excluding hydrogens is 360 g/mol. The number of carbonyl (C=O) groups excluding carboxylic acids is 1. The molecular formula is C20H16N4O2S. The van der Waals surface area contributed by atoms with Crippen molar-refractivity contribution in [3.63, 3.8) is 0 Å². The van der Waals surface area contributed by atoms with Crippen LogP contribution in [0.1, 0.15) is 21.1 Å². The summed E-state index contributed by atoms with van der Waals surface area (Å²) in [6.07, 6.45) is 1.32. The summed E-state index contributed by atoms with van der Waals surface area (Å²) in [5.74, 6) is 0.0258. The zero-order valence-corrected chi connectivity index (χ0v) is 15.4. The predicted octanol–water partition coefficient (Wildman–Crippen LogP) is 4.23. The van der Waals surface area contributed by atoms with E-state index in [1.54, 1.807) is 11.3 Å². The SMILES string of the molecule is Cc1nc2cc(NC(=O)c3cc(OCc4ccccc4)ncn3)ccc2s1. The van der Waals surface area contributed by atoms with Crippen LogP contribution in [0.25, 0.3) is 10.2 Å². The van der Waals surface area contributed by atoms with Crippen molar-refractivity contribution in [2.75, 3.05) is 5.32 Å². The molecule has 0 radical (unpaired) electrons. The summed E-state index contributed by atoms with van der Waals surface area (Å²) in [5, 5.41) is 3.83. The van der Waals surface area contributed by atoms with E-state index in [9.17, 15) is 4.79 Å². The zero-order valence-electron chi connectivity index (χ0n) is 14.5. The molecule has 0 aliphatic rings. The van der Waals surface area contributed by atoms with E-state index >= 15 is 0 Å². The third kappa shape index (κ3) is 4.09. The van der Waals surface area contributed by atoms with Crippen molar-refractivity contribution in [3.8, 4) is 5.88 Å². The maximum absolute atomic E-state index is 12.5. The number of aromatic nitrogens is 3. The number of nitrogens with zero attached hydrogens (tertiary/aromatic N) is 3. The number of ether oxygens (including phenoxy) is 1. The lowest BCUT2D eigenvalue weighted by molar-refractivity contribution is 0.102. The molecule has 1 N–H and O–H groups in total. The fraction of sp³-hybridized carbons (Fsp3) is 0.100. The highest BCUT2D eigenvalue weighted by molar-refractivity contribution is 7.18. The van der Waals surface area contributed by atoms with Gasteiger partial charge < -0.3 is 10.1 Å². The Hall–Kier alpha value is -3.32. The maximum atomic E-state index is 12.5. The first-order chi connectivity index (χ1) is 13.2. The smallest absolute Gasteiger partial charge is 0.274 e. The highest BCUT2D eigenvalue weighted by Crippen LogP contribution is 2.24. The third-order valence-corrected chi connectivity index (χ3v) is 4.81. The van der Waals surface area contributed by atoms with Gasteiger partial charge in [-0.1, -0.05) is 30.3 Å². The van der Waals surface area contributed by atoms with Crippen molar-refractivity contribution < 1.29 is 9.53 Å². The summed E-state index contributed by atoms with van der Waals surface area (Å²) < 4.78 is 6.74. The van der Waals surface area contributed by atoms with Crippen molar-refractivity contribution in [2.24, 2.45) is 0 Å². The van der Waals surface area contributed by atoms with Gasteiger partial charge in [-0.15, -0.1) is 11.3 Å². The second-order valence-electron chi connectivity index (χ2n) is 5.89. The molecule has 27 heavy (non-hydrogen) atoms. The van der Waals surface area contributed by atoms with E-state index in [1.807, 2.05) is 55.5 Å². The molecule has 0 unspecified atom stereocenters. The van der Waals surface area contributed by atoms with Gasteiger partial charge in [-0.25, -0.2) is 15.0 Å². The van der Waals surface area contributed by atoms with Gasteiger partial charge in [-0.05, 0) is 30.7 Å². The molecule has 0 saturated heterocycles. The average Bonchev–Trinajstić information content (AvgIpc) is 3.07. The van der Waals surface area contributed by atoms with Gasteiger partial charge in [0.15, 0.2) is 0 Å². The lowest BCUT2D eigenvalue weighted by Crippen LogP contribution is -2.14. The van der Waals surface area contributed by atoms with Crippen molar-refractivity contribution >= 4 is 33.1 Å². The summed E-state index contributed by atoms with van der Waals surface area (Å²) in [6.45, 7) is 2.33. The first kappa shape index (κ1) is 17.1. The van der Waals surface area contributed by atoms with E-state index in [1.165, 1.54) is 12.4 Å². The van der Waals surface area contributed by atoms with Crippen molar-refractivity contribution in [3.05, 3.63) is 77.2 Å². The zero-order chi connectivity index (χ0) is 18.6. The number of benzene rings is 2. The minimum absolute atomic E-state index is 0.239. The quantitative estimate of drug-likeness (QED) is 0.564. The van der Waals surface area contributed by atoms with Crippen LogP contribution in [-0.4, -0.2) is 20.9 Å². The van der Waals surface area contributed by atoms with Gasteiger partial charge in [-0.3, -0.25) is 4.79 Å². The highest BCUT2D eigenvalue weighted by atomic mass is 32.1. The molecule has 0 aliphatic heterocycles. The first-order valence-electron chi connectivity index (χ1n) is 8.35. The van der Waals surface area contributed by atoms with E-state index in [2.05, 4.69) is 20.3 Å². The monoisotopic (exact) mass is 376 g/mol. The Kier molecular flexibility index (Phi) is 4.76. The largest absolute Gasteiger partial charge is 0.473 e. The normalized spacial score (nSPS) is 10.7. The number of fused-ring (bicyclic) bond motifs is 1. The molecule has 0 saturated carbocycles. The molecule has 2 heterocycles. The number of carbonyl (C=O) groups is 1. The number of nitrogens with one attached hydrogen (secondary N) is 1. The molecule has 0 atom stereocenters. The number of aryl methyl sites for hydroxylation is 1. The van der Waals surface area contributed by atoms with Gasteiger partial charge in [0.25, 0.3) is 5.91 Å². The molecule has 0 spiro atoms. The fourth-order valence-corrected chi connectivity index (χ4v) is 3.40. The van der Waals surface area contributed by atoms with E-state index in [0.29, 0.717) is 18.2 Å². The van der Waals surface area contributed by atoms with Gasteiger partial charge in [0.1, 0.15) is 18.6 Å². The van der Waals surface area contributed by atoms with Crippen LogP contribution in [0.15, 0.2) is 60.9 Å². The summed E-state index contributed by atoms with van der Waals surface area (Å²) in [7, 11) is 0. The van der Waals surface area contributed by atoms with E-state index in [0.717, 1.165) is 20.8 Å². The summed E-state index contributed by atoms with van der Waals surface area (Å²) in [4.78, 5) is 25.1. The van der Waals surface area contributed by atoms with Crippen LogP contribution in [0.4, 0.5) is 5.69 Å². The lowest BCUT2D eigenvalue weighted by atomic mass is 10.2. The highest BCUT2D eigenvalue weighted by Gasteiger charge is 2.11. The van der Waals surface area contributed by atoms with Crippen LogP contribution in [0, 0.1) is 6.92 Å². The molecule has 2 aromatic heterocycles. The van der Waals surface area contributed by atoms with Gasteiger partial charge in [0.05, 0.1) is 15.2 Å². The molecule has 4 aromatic rings.